The van der Waals surface area contributed by atoms with Gasteiger partial charge in [0.1, 0.15) is 11.7 Å². The molecule has 0 spiro atoms. The summed E-state index contributed by atoms with van der Waals surface area (Å²) in [5.41, 5.74) is 0.484. The van der Waals surface area contributed by atoms with Gasteiger partial charge in [0.15, 0.2) is 0 Å². The smallest absolute Gasteiger partial charge is 0.145 e. The second-order valence-corrected chi connectivity index (χ2v) is 3.64. The van der Waals surface area contributed by atoms with E-state index in [0.29, 0.717) is 6.61 Å². The highest BCUT2D eigenvalue weighted by Gasteiger charge is 2.45. The predicted octanol–water partition coefficient (Wildman–Crippen LogP) is 1.19. The first kappa shape index (κ1) is 9.26. The SMILES string of the molecule is C[C@@]1([C@@H](O)C#Cc2ccccc2)CO1. The average Bonchev–Trinajstić information content (AvgIpc) is 2.96. The van der Waals surface area contributed by atoms with Crippen molar-refractivity contribution in [1.29, 1.82) is 0 Å². The Morgan fingerprint density at radius 1 is 1.43 bits per heavy atom. The third kappa shape index (κ3) is 1.95. The zero-order valence-electron chi connectivity index (χ0n) is 8.03. The molecule has 1 fully saturated rings. The lowest BCUT2D eigenvalue weighted by atomic mass is 10.1. The van der Waals surface area contributed by atoms with E-state index in [2.05, 4.69) is 11.8 Å². The Kier molecular flexibility index (Phi) is 2.28. The van der Waals surface area contributed by atoms with Gasteiger partial charge in [-0.15, -0.1) is 0 Å². The molecular formula is C12H12O2. The Labute approximate surface area is 83.5 Å². The van der Waals surface area contributed by atoms with Crippen LogP contribution in [0.5, 0.6) is 0 Å². The van der Waals surface area contributed by atoms with Gasteiger partial charge in [-0.3, -0.25) is 0 Å². The Bertz CT molecular complexity index is 368. The fraction of sp³-hybridized carbons (Fsp3) is 0.333. The number of aliphatic hydroxyl groups excluding tert-OH is 1. The maximum Gasteiger partial charge on any atom is 0.145 e. The Balaban J connectivity index is 2.07. The highest BCUT2D eigenvalue weighted by atomic mass is 16.6. The number of rotatable bonds is 1. The van der Waals surface area contributed by atoms with Crippen LogP contribution in [0, 0.1) is 11.8 Å². The zero-order chi connectivity index (χ0) is 10.0. The fourth-order valence-corrected chi connectivity index (χ4v) is 1.10. The van der Waals surface area contributed by atoms with Gasteiger partial charge in [0.2, 0.25) is 0 Å². The number of ether oxygens (including phenoxy) is 1. The number of hydrogen-bond acceptors (Lipinski definition) is 2. The fourth-order valence-electron chi connectivity index (χ4n) is 1.10. The van der Waals surface area contributed by atoms with E-state index in [9.17, 15) is 5.11 Å². The first-order valence-corrected chi connectivity index (χ1v) is 4.59. The molecular weight excluding hydrogens is 176 g/mol. The topological polar surface area (TPSA) is 32.8 Å². The van der Waals surface area contributed by atoms with Gasteiger partial charge in [-0.1, -0.05) is 30.0 Å². The van der Waals surface area contributed by atoms with Gasteiger partial charge in [-0.2, -0.15) is 0 Å². The summed E-state index contributed by atoms with van der Waals surface area (Å²) in [6.07, 6.45) is -0.692. The monoisotopic (exact) mass is 188 g/mol. The summed E-state index contributed by atoms with van der Waals surface area (Å²) in [4.78, 5) is 0. The minimum Gasteiger partial charge on any atom is -0.377 e. The van der Waals surface area contributed by atoms with E-state index in [1.165, 1.54) is 0 Å². The van der Waals surface area contributed by atoms with E-state index in [0.717, 1.165) is 5.56 Å². The third-order valence-electron chi connectivity index (χ3n) is 2.31. The van der Waals surface area contributed by atoms with Crippen molar-refractivity contribution in [1.82, 2.24) is 0 Å². The summed E-state index contributed by atoms with van der Waals surface area (Å²) >= 11 is 0. The van der Waals surface area contributed by atoms with Crippen LogP contribution in [0.2, 0.25) is 0 Å². The largest absolute Gasteiger partial charge is 0.377 e. The lowest BCUT2D eigenvalue weighted by molar-refractivity contribution is 0.131. The van der Waals surface area contributed by atoms with Gasteiger partial charge < -0.3 is 9.84 Å². The van der Waals surface area contributed by atoms with Gasteiger partial charge >= 0.3 is 0 Å². The minimum absolute atomic E-state index is 0.429. The van der Waals surface area contributed by atoms with Gasteiger partial charge in [0.25, 0.3) is 0 Å². The van der Waals surface area contributed by atoms with E-state index in [-0.39, 0.29) is 0 Å². The number of aliphatic hydroxyl groups is 1. The van der Waals surface area contributed by atoms with E-state index < -0.39 is 11.7 Å². The normalized spacial score (nSPS) is 26.1. The summed E-state index contributed by atoms with van der Waals surface area (Å²) in [6.45, 7) is 2.45. The number of hydrogen-bond donors (Lipinski definition) is 1. The molecule has 0 radical (unpaired) electrons. The van der Waals surface area contributed by atoms with Crippen molar-refractivity contribution in [3.63, 3.8) is 0 Å². The van der Waals surface area contributed by atoms with Crippen molar-refractivity contribution < 1.29 is 9.84 Å². The summed E-state index contributed by atoms with van der Waals surface area (Å²) < 4.78 is 5.09. The molecule has 0 unspecified atom stereocenters. The first-order chi connectivity index (χ1) is 6.71. The molecule has 0 amide bonds. The number of benzene rings is 1. The molecule has 2 atom stereocenters. The molecule has 1 aromatic carbocycles. The Morgan fingerprint density at radius 2 is 2.07 bits per heavy atom. The second-order valence-electron chi connectivity index (χ2n) is 3.64. The molecule has 2 rings (SSSR count). The van der Waals surface area contributed by atoms with Gasteiger partial charge in [0, 0.05) is 5.56 Å². The van der Waals surface area contributed by atoms with Gasteiger partial charge in [-0.25, -0.2) is 0 Å². The summed E-state index contributed by atoms with van der Waals surface area (Å²) in [5, 5.41) is 9.61. The maximum atomic E-state index is 9.61. The predicted molar refractivity (Wildman–Crippen MR) is 53.7 cm³/mol. The maximum absolute atomic E-state index is 9.61. The van der Waals surface area contributed by atoms with Crippen LogP contribution in [0.25, 0.3) is 0 Å². The molecule has 1 aliphatic rings. The first-order valence-electron chi connectivity index (χ1n) is 4.59. The van der Waals surface area contributed by atoms with Crippen LogP contribution in [0.4, 0.5) is 0 Å². The van der Waals surface area contributed by atoms with E-state index >= 15 is 0 Å². The van der Waals surface area contributed by atoms with E-state index in [4.69, 9.17) is 4.74 Å². The van der Waals surface area contributed by atoms with Crippen molar-refractivity contribution in [2.45, 2.75) is 18.6 Å². The van der Waals surface area contributed by atoms with Crippen molar-refractivity contribution in [3.8, 4) is 11.8 Å². The highest BCUT2D eigenvalue weighted by Crippen LogP contribution is 2.29. The molecule has 0 bridgehead atoms. The number of epoxide rings is 1. The quantitative estimate of drug-likeness (QED) is 0.530. The third-order valence-corrected chi connectivity index (χ3v) is 2.31. The van der Waals surface area contributed by atoms with Crippen molar-refractivity contribution in [2.24, 2.45) is 0 Å². The average molecular weight is 188 g/mol. The molecule has 1 heterocycles. The summed E-state index contributed by atoms with van der Waals surface area (Å²) in [7, 11) is 0. The molecule has 1 aliphatic heterocycles. The Hall–Kier alpha value is -1.30. The molecule has 1 saturated heterocycles. The van der Waals surface area contributed by atoms with Crippen LogP contribution < -0.4 is 0 Å². The lowest BCUT2D eigenvalue weighted by Crippen LogP contribution is -2.24. The molecule has 0 saturated carbocycles. The zero-order valence-corrected chi connectivity index (χ0v) is 8.03. The molecule has 0 aliphatic carbocycles. The van der Waals surface area contributed by atoms with Crippen LogP contribution in [0.1, 0.15) is 12.5 Å². The van der Waals surface area contributed by atoms with Crippen LogP contribution >= 0.6 is 0 Å². The van der Waals surface area contributed by atoms with Crippen molar-refractivity contribution in [2.75, 3.05) is 6.61 Å². The molecule has 1 aromatic rings. The van der Waals surface area contributed by atoms with Crippen LogP contribution in [-0.2, 0) is 4.74 Å². The van der Waals surface area contributed by atoms with Gasteiger partial charge in [-0.05, 0) is 19.1 Å². The molecule has 2 nitrogen and oxygen atoms in total. The molecule has 1 N–H and O–H groups in total. The molecule has 2 heteroatoms. The lowest BCUT2D eigenvalue weighted by Gasteiger charge is -2.05. The van der Waals surface area contributed by atoms with Crippen molar-refractivity contribution >= 4 is 0 Å². The Morgan fingerprint density at radius 3 is 2.64 bits per heavy atom. The molecule has 14 heavy (non-hydrogen) atoms. The van der Waals surface area contributed by atoms with Gasteiger partial charge in [0.05, 0.1) is 6.61 Å². The second kappa shape index (κ2) is 3.45. The van der Waals surface area contributed by atoms with Crippen molar-refractivity contribution in [3.05, 3.63) is 35.9 Å². The summed E-state index contributed by atoms with van der Waals surface area (Å²) in [5.74, 6) is 5.69. The van der Waals surface area contributed by atoms with E-state index in [1.807, 2.05) is 37.3 Å². The minimum atomic E-state index is -0.692. The standard InChI is InChI=1S/C12H12O2/c1-12(9-14-12)11(13)8-7-10-5-3-2-4-6-10/h2-6,11,13H,9H2,1H3/t11-,12-/m0/s1. The molecule has 0 aromatic heterocycles. The highest BCUT2D eigenvalue weighted by molar-refractivity contribution is 5.35. The van der Waals surface area contributed by atoms with E-state index in [1.54, 1.807) is 0 Å². The summed E-state index contributed by atoms with van der Waals surface area (Å²) in [6, 6.07) is 9.61. The molecule has 72 valence electrons. The van der Waals surface area contributed by atoms with Crippen LogP contribution in [0.3, 0.4) is 0 Å². The van der Waals surface area contributed by atoms with Crippen LogP contribution in [0.15, 0.2) is 30.3 Å². The van der Waals surface area contributed by atoms with Crippen LogP contribution in [-0.4, -0.2) is 23.4 Å².